The van der Waals surface area contributed by atoms with Gasteiger partial charge in [-0.2, -0.15) is 22.7 Å². The molecule has 114 valence electrons. The second kappa shape index (κ2) is 5.52. The molecule has 2 fully saturated rings. The molecule has 4 heterocycles. The number of rotatable bonds is 2. The predicted octanol–water partition coefficient (Wildman–Crippen LogP) is 2.93. The number of thiophene rings is 2. The summed E-state index contributed by atoms with van der Waals surface area (Å²) in [6.07, 6.45) is 0.972. The molecule has 2 saturated heterocycles. The number of likely N-dealkylation sites (tertiary alicyclic amines) is 1. The molecule has 2 atom stereocenters. The molecule has 0 saturated carbocycles. The van der Waals surface area contributed by atoms with Crippen LogP contribution in [0.25, 0.3) is 0 Å². The van der Waals surface area contributed by atoms with Crippen molar-refractivity contribution < 1.29 is 9.59 Å². The van der Waals surface area contributed by atoms with Crippen LogP contribution in [0, 0.1) is 11.8 Å². The number of nitrogens with zero attached hydrogens (tertiary/aromatic N) is 2. The number of fused-ring (bicyclic) bond motifs is 1. The van der Waals surface area contributed by atoms with Gasteiger partial charge in [-0.3, -0.25) is 9.59 Å². The topological polar surface area (TPSA) is 40.6 Å². The molecule has 0 aromatic carbocycles. The Hall–Kier alpha value is -1.66. The van der Waals surface area contributed by atoms with Gasteiger partial charge in [0.05, 0.1) is 17.2 Å². The number of hydrogen-bond donors (Lipinski definition) is 0. The molecule has 6 heteroatoms. The number of anilines is 1. The van der Waals surface area contributed by atoms with Crippen molar-refractivity contribution in [3.63, 3.8) is 0 Å². The van der Waals surface area contributed by atoms with E-state index in [1.807, 2.05) is 43.5 Å². The lowest BCUT2D eigenvalue weighted by molar-refractivity contribution is -0.124. The van der Waals surface area contributed by atoms with Crippen LogP contribution >= 0.6 is 22.7 Å². The lowest BCUT2D eigenvalue weighted by Crippen LogP contribution is -2.45. The van der Waals surface area contributed by atoms with E-state index in [9.17, 15) is 9.59 Å². The van der Waals surface area contributed by atoms with Gasteiger partial charge in [0, 0.05) is 30.4 Å². The summed E-state index contributed by atoms with van der Waals surface area (Å²) in [5, 5.41) is 7.81. The van der Waals surface area contributed by atoms with Crippen molar-refractivity contribution in [3.8, 4) is 0 Å². The van der Waals surface area contributed by atoms with Crippen LogP contribution in [-0.2, 0) is 4.79 Å². The third-order valence-electron chi connectivity index (χ3n) is 4.62. The summed E-state index contributed by atoms with van der Waals surface area (Å²) in [6, 6.07) is 3.85. The normalized spacial score (nSPS) is 24.6. The van der Waals surface area contributed by atoms with Crippen LogP contribution in [0.3, 0.4) is 0 Å². The van der Waals surface area contributed by atoms with Crippen LogP contribution < -0.4 is 4.90 Å². The first-order valence-electron chi connectivity index (χ1n) is 7.39. The van der Waals surface area contributed by atoms with Crippen molar-refractivity contribution in [1.29, 1.82) is 0 Å². The van der Waals surface area contributed by atoms with E-state index in [4.69, 9.17) is 0 Å². The number of carbonyl (C=O) groups excluding carboxylic acids is 2. The Kier molecular flexibility index (Phi) is 3.50. The Labute approximate surface area is 137 Å². The summed E-state index contributed by atoms with van der Waals surface area (Å²) < 4.78 is 0. The zero-order chi connectivity index (χ0) is 15.1. The minimum Gasteiger partial charge on any atom is -0.338 e. The summed E-state index contributed by atoms with van der Waals surface area (Å²) in [5.74, 6) is 0.502. The van der Waals surface area contributed by atoms with Gasteiger partial charge >= 0.3 is 0 Å². The van der Waals surface area contributed by atoms with E-state index in [2.05, 4.69) is 0 Å². The van der Waals surface area contributed by atoms with Gasteiger partial charge in [0.15, 0.2) is 0 Å². The fourth-order valence-electron chi connectivity index (χ4n) is 3.45. The van der Waals surface area contributed by atoms with Gasteiger partial charge in [0.25, 0.3) is 5.91 Å². The average Bonchev–Trinajstić information content (AvgIpc) is 3.27. The molecular weight excluding hydrogens is 316 g/mol. The number of hydrogen-bond acceptors (Lipinski definition) is 4. The monoisotopic (exact) mass is 332 g/mol. The molecule has 2 aliphatic heterocycles. The maximum atomic E-state index is 12.8. The van der Waals surface area contributed by atoms with E-state index in [0.717, 1.165) is 24.2 Å². The lowest BCUT2D eigenvalue weighted by atomic mass is 9.88. The largest absolute Gasteiger partial charge is 0.338 e. The van der Waals surface area contributed by atoms with Crippen LogP contribution in [0.5, 0.6) is 0 Å². The maximum Gasteiger partial charge on any atom is 0.254 e. The summed E-state index contributed by atoms with van der Waals surface area (Å²) in [5.41, 5.74) is 1.74. The van der Waals surface area contributed by atoms with Gasteiger partial charge < -0.3 is 9.80 Å². The highest BCUT2D eigenvalue weighted by molar-refractivity contribution is 7.08. The number of carbonyl (C=O) groups is 2. The van der Waals surface area contributed by atoms with Gasteiger partial charge in [-0.15, -0.1) is 0 Å². The first kappa shape index (κ1) is 14.0. The van der Waals surface area contributed by atoms with Crippen molar-refractivity contribution in [2.75, 3.05) is 24.5 Å². The smallest absolute Gasteiger partial charge is 0.254 e. The van der Waals surface area contributed by atoms with E-state index in [0.29, 0.717) is 19.0 Å². The van der Waals surface area contributed by atoms with Crippen molar-refractivity contribution in [2.24, 2.45) is 11.8 Å². The summed E-state index contributed by atoms with van der Waals surface area (Å²) >= 11 is 3.14. The van der Waals surface area contributed by atoms with E-state index in [1.165, 1.54) is 11.3 Å². The van der Waals surface area contributed by atoms with E-state index >= 15 is 0 Å². The molecule has 4 nitrogen and oxygen atoms in total. The molecule has 2 aromatic rings. The SMILES string of the molecule is O=C(c1ccsc1)N1C[C@@H]2CCN(c3ccsc3)C(=O)[C@@H]2C1. The van der Waals surface area contributed by atoms with Crippen LogP contribution in [0.1, 0.15) is 16.8 Å². The molecule has 2 aliphatic rings. The van der Waals surface area contributed by atoms with Gasteiger partial charge in [0.1, 0.15) is 0 Å². The average molecular weight is 332 g/mol. The van der Waals surface area contributed by atoms with Gasteiger partial charge in [-0.05, 0) is 35.2 Å². The molecule has 2 amide bonds. The van der Waals surface area contributed by atoms with Crippen molar-refractivity contribution in [3.05, 3.63) is 39.2 Å². The molecule has 0 unspecified atom stereocenters. The molecule has 4 rings (SSSR count). The molecule has 22 heavy (non-hydrogen) atoms. The first-order chi connectivity index (χ1) is 10.7. The summed E-state index contributed by atoms with van der Waals surface area (Å²) in [7, 11) is 0. The number of piperidine rings is 1. The highest BCUT2D eigenvalue weighted by Gasteiger charge is 2.44. The second-order valence-electron chi connectivity index (χ2n) is 5.85. The highest BCUT2D eigenvalue weighted by Crippen LogP contribution is 2.35. The predicted molar refractivity (Wildman–Crippen MR) is 88.5 cm³/mol. The van der Waals surface area contributed by atoms with Crippen LogP contribution in [-0.4, -0.2) is 36.3 Å². The second-order valence-corrected chi connectivity index (χ2v) is 7.41. The Morgan fingerprint density at radius 3 is 2.68 bits per heavy atom. The zero-order valence-corrected chi connectivity index (χ0v) is 13.6. The van der Waals surface area contributed by atoms with Crippen LogP contribution in [0.4, 0.5) is 5.69 Å². The van der Waals surface area contributed by atoms with Crippen molar-refractivity contribution in [1.82, 2.24) is 4.90 Å². The zero-order valence-electron chi connectivity index (χ0n) is 12.0. The van der Waals surface area contributed by atoms with Crippen molar-refractivity contribution in [2.45, 2.75) is 6.42 Å². The number of amides is 2. The third-order valence-corrected chi connectivity index (χ3v) is 5.97. The molecule has 2 aromatic heterocycles. The van der Waals surface area contributed by atoms with E-state index < -0.39 is 0 Å². The summed E-state index contributed by atoms with van der Waals surface area (Å²) in [4.78, 5) is 29.0. The molecule has 0 aliphatic carbocycles. The van der Waals surface area contributed by atoms with Crippen LogP contribution in [0.15, 0.2) is 33.7 Å². The maximum absolute atomic E-state index is 12.8. The molecule has 0 bridgehead atoms. The van der Waals surface area contributed by atoms with Crippen LogP contribution in [0.2, 0.25) is 0 Å². The Balaban J connectivity index is 1.51. The quantitative estimate of drug-likeness (QED) is 0.848. The lowest BCUT2D eigenvalue weighted by Gasteiger charge is -2.33. The van der Waals surface area contributed by atoms with Gasteiger partial charge in [-0.25, -0.2) is 0 Å². The molecule has 0 N–H and O–H groups in total. The fraction of sp³-hybridized carbons (Fsp3) is 0.375. The molecule has 0 radical (unpaired) electrons. The summed E-state index contributed by atoms with van der Waals surface area (Å²) in [6.45, 7) is 2.03. The standard InChI is InChI=1S/C16H16N2O2S2/c19-15(12-2-5-21-9-12)17-7-11-1-4-18(13-3-6-22-10-13)16(20)14(11)8-17/h2-3,5-6,9-11,14H,1,4,7-8H2/t11-,14+/m0/s1. The van der Waals surface area contributed by atoms with Crippen molar-refractivity contribution >= 4 is 40.2 Å². The molecular formula is C16H16N2O2S2. The Morgan fingerprint density at radius 2 is 1.95 bits per heavy atom. The van der Waals surface area contributed by atoms with E-state index in [1.54, 1.807) is 11.3 Å². The molecule has 0 spiro atoms. The highest BCUT2D eigenvalue weighted by atomic mass is 32.1. The van der Waals surface area contributed by atoms with Gasteiger partial charge in [0.2, 0.25) is 5.91 Å². The Morgan fingerprint density at radius 1 is 1.14 bits per heavy atom. The minimum absolute atomic E-state index is 0.0452. The fourth-order valence-corrected chi connectivity index (χ4v) is 4.72. The first-order valence-corrected chi connectivity index (χ1v) is 9.27. The third kappa shape index (κ3) is 2.27. The Bertz CT molecular complexity index is 681. The van der Waals surface area contributed by atoms with E-state index in [-0.39, 0.29) is 17.7 Å². The van der Waals surface area contributed by atoms with Gasteiger partial charge in [-0.1, -0.05) is 0 Å². The minimum atomic E-state index is -0.0452.